The normalized spacial score (nSPS) is 18.0. The molecule has 0 aliphatic heterocycles. The van der Waals surface area contributed by atoms with Crippen LogP contribution in [-0.4, -0.2) is 21.0 Å². The van der Waals surface area contributed by atoms with Crippen LogP contribution in [0, 0.1) is 0 Å². The van der Waals surface area contributed by atoms with Crippen molar-refractivity contribution in [2.75, 3.05) is 0 Å². The summed E-state index contributed by atoms with van der Waals surface area (Å²) in [7, 11) is 0. The van der Waals surface area contributed by atoms with E-state index in [1.807, 2.05) is 0 Å². The van der Waals surface area contributed by atoms with Crippen LogP contribution in [0.4, 0.5) is 0 Å². The molecule has 0 amide bonds. The monoisotopic (exact) mass is 264 g/mol. The van der Waals surface area contributed by atoms with Crippen molar-refractivity contribution in [1.29, 1.82) is 0 Å². The molecule has 3 heteroatoms. The SMILES string of the molecule is CCCCCCC(O)Cc1ccn(C2CCCC2)n1. The molecule has 1 N–H and O–H groups in total. The van der Waals surface area contributed by atoms with Gasteiger partial charge in [0.2, 0.25) is 0 Å². The highest BCUT2D eigenvalue weighted by atomic mass is 16.3. The molecule has 1 saturated carbocycles. The first-order chi connectivity index (χ1) is 9.29. The van der Waals surface area contributed by atoms with E-state index in [1.165, 1.54) is 44.9 Å². The van der Waals surface area contributed by atoms with Crippen molar-refractivity contribution in [3.8, 4) is 0 Å². The fraction of sp³-hybridized carbons (Fsp3) is 0.812. The molecule has 1 heterocycles. The standard InChI is InChI=1S/C16H28N2O/c1-2-3-4-5-10-16(19)13-14-11-12-18(17-14)15-8-6-7-9-15/h11-12,15-16,19H,2-10,13H2,1H3. The minimum Gasteiger partial charge on any atom is -0.393 e. The minimum atomic E-state index is -0.219. The highest BCUT2D eigenvalue weighted by Crippen LogP contribution is 2.28. The lowest BCUT2D eigenvalue weighted by Crippen LogP contribution is -2.12. The molecule has 19 heavy (non-hydrogen) atoms. The van der Waals surface area contributed by atoms with Crippen LogP contribution < -0.4 is 0 Å². The zero-order chi connectivity index (χ0) is 13.5. The predicted octanol–water partition coefficient (Wildman–Crippen LogP) is 3.87. The van der Waals surface area contributed by atoms with Crippen LogP contribution in [-0.2, 0) is 6.42 Å². The summed E-state index contributed by atoms with van der Waals surface area (Å²) < 4.78 is 2.12. The van der Waals surface area contributed by atoms with Gasteiger partial charge >= 0.3 is 0 Å². The quantitative estimate of drug-likeness (QED) is 0.724. The Balaban J connectivity index is 1.72. The Labute approximate surface area is 117 Å². The number of aliphatic hydroxyl groups is 1. The molecular weight excluding hydrogens is 236 g/mol. The fourth-order valence-electron chi connectivity index (χ4n) is 3.01. The van der Waals surface area contributed by atoms with Gasteiger partial charge in [0.25, 0.3) is 0 Å². The smallest absolute Gasteiger partial charge is 0.0650 e. The summed E-state index contributed by atoms with van der Waals surface area (Å²) in [5.41, 5.74) is 1.05. The van der Waals surface area contributed by atoms with Gasteiger partial charge in [-0.3, -0.25) is 4.68 Å². The summed E-state index contributed by atoms with van der Waals surface area (Å²) in [4.78, 5) is 0. The van der Waals surface area contributed by atoms with E-state index in [0.29, 0.717) is 12.5 Å². The molecule has 3 nitrogen and oxygen atoms in total. The van der Waals surface area contributed by atoms with E-state index in [1.54, 1.807) is 0 Å². The van der Waals surface area contributed by atoms with E-state index in [2.05, 4.69) is 29.0 Å². The molecule has 1 aromatic rings. The van der Waals surface area contributed by atoms with Crippen molar-refractivity contribution in [1.82, 2.24) is 9.78 Å². The highest BCUT2D eigenvalue weighted by molar-refractivity contribution is 5.01. The second-order valence-corrected chi connectivity index (χ2v) is 5.93. The third-order valence-corrected chi connectivity index (χ3v) is 4.20. The summed E-state index contributed by atoms with van der Waals surface area (Å²) in [6.07, 6.45) is 13.6. The molecule has 108 valence electrons. The van der Waals surface area contributed by atoms with Gasteiger partial charge in [-0.15, -0.1) is 0 Å². The number of hydrogen-bond acceptors (Lipinski definition) is 2. The summed E-state index contributed by atoms with van der Waals surface area (Å²) in [5, 5.41) is 14.7. The molecular formula is C16H28N2O. The number of unbranched alkanes of at least 4 members (excludes halogenated alkanes) is 3. The van der Waals surface area contributed by atoms with Gasteiger partial charge in [0.05, 0.1) is 17.8 Å². The Morgan fingerprint density at radius 3 is 2.84 bits per heavy atom. The molecule has 1 aromatic heterocycles. The number of hydrogen-bond donors (Lipinski definition) is 1. The summed E-state index contributed by atoms with van der Waals surface area (Å²) in [5.74, 6) is 0. The van der Waals surface area contributed by atoms with Crippen molar-refractivity contribution in [2.45, 2.75) is 83.3 Å². The van der Waals surface area contributed by atoms with Crippen LogP contribution in [0.5, 0.6) is 0 Å². The van der Waals surface area contributed by atoms with Gasteiger partial charge in [0.15, 0.2) is 0 Å². The van der Waals surface area contributed by atoms with Gasteiger partial charge in [-0.1, -0.05) is 45.4 Å². The zero-order valence-corrected chi connectivity index (χ0v) is 12.2. The topological polar surface area (TPSA) is 38.0 Å². The molecule has 1 atom stereocenters. The summed E-state index contributed by atoms with van der Waals surface area (Å²) >= 11 is 0. The van der Waals surface area contributed by atoms with E-state index in [9.17, 15) is 5.11 Å². The average molecular weight is 264 g/mol. The van der Waals surface area contributed by atoms with E-state index in [-0.39, 0.29) is 6.10 Å². The number of nitrogens with zero attached hydrogens (tertiary/aromatic N) is 2. The summed E-state index contributed by atoms with van der Waals surface area (Å²) in [6.45, 7) is 2.21. The van der Waals surface area contributed by atoms with Crippen molar-refractivity contribution >= 4 is 0 Å². The number of aliphatic hydroxyl groups excluding tert-OH is 1. The average Bonchev–Trinajstić information content (AvgIpc) is 3.04. The van der Waals surface area contributed by atoms with Crippen LogP contribution in [0.2, 0.25) is 0 Å². The zero-order valence-electron chi connectivity index (χ0n) is 12.2. The van der Waals surface area contributed by atoms with Gasteiger partial charge < -0.3 is 5.11 Å². The van der Waals surface area contributed by atoms with Crippen LogP contribution >= 0.6 is 0 Å². The lowest BCUT2D eigenvalue weighted by atomic mass is 10.1. The first kappa shape index (κ1) is 14.6. The Morgan fingerprint density at radius 1 is 1.32 bits per heavy atom. The maximum atomic E-state index is 10.0. The fourth-order valence-corrected chi connectivity index (χ4v) is 3.01. The lowest BCUT2D eigenvalue weighted by Gasteiger charge is -2.10. The second-order valence-electron chi connectivity index (χ2n) is 5.93. The molecule has 0 bridgehead atoms. The van der Waals surface area contributed by atoms with E-state index in [0.717, 1.165) is 18.5 Å². The van der Waals surface area contributed by atoms with Crippen LogP contribution in [0.3, 0.4) is 0 Å². The third-order valence-electron chi connectivity index (χ3n) is 4.20. The Hall–Kier alpha value is -0.830. The van der Waals surface area contributed by atoms with Crippen LogP contribution in [0.15, 0.2) is 12.3 Å². The van der Waals surface area contributed by atoms with Crippen molar-refractivity contribution in [3.05, 3.63) is 18.0 Å². The van der Waals surface area contributed by atoms with E-state index in [4.69, 9.17) is 0 Å². The Morgan fingerprint density at radius 2 is 2.11 bits per heavy atom. The van der Waals surface area contributed by atoms with Gasteiger partial charge in [-0.2, -0.15) is 5.10 Å². The molecule has 1 aliphatic rings. The number of aromatic nitrogens is 2. The van der Waals surface area contributed by atoms with Crippen LogP contribution in [0.1, 0.15) is 76.4 Å². The van der Waals surface area contributed by atoms with Gasteiger partial charge in [0.1, 0.15) is 0 Å². The molecule has 0 radical (unpaired) electrons. The first-order valence-corrected chi connectivity index (χ1v) is 8.01. The largest absolute Gasteiger partial charge is 0.393 e. The number of rotatable bonds is 8. The third kappa shape index (κ3) is 4.64. The van der Waals surface area contributed by atoms with Gasteiger partial charge in [-0.05, 0) is 25.3 Å². The Kier molecular flexibility index (Phi) is 5.90. The predicted molar refractivity (Wildman–Crippen MR) is 78.2 cm³/mol. The second kappa shape index (κ2) is 7.68. The maximum absolute atomic E-state index is 10.0. The van der Waals surface area contributed by atoms with Crippen molar-refractivity contribution in [3.63, 3.8) is 0 Å². The van der Waals surface area contributed by atoms with Gasteiger partial charge in [0, 0.05) is 12.6 Å². The molecule has 1 unspecified atom stereocenters. The molecule has 0 saturated heterocycles. The van der Waals surface area contributed by atoms with Gasteiger partial charge in [-0.25, -0.2) is 0 Å². The van der Waals surface area contributed by atoms with Crippen molar-refractivity contribution < 1.29 is 5.11 Å². The van der Waals surface area contributed by atoms with E-state index >= 15 is 0 Å². The minimum absolute atomic E-state index is 0.219. The van der Waals surface area contributed by atoms with E-state index < -0.39 is 0 Å². The lowest BCUT2D eigenvalue weighted by molar-refractivity contribution is 0.159. The first-order valence-electron chi connectivity index (χ1n) is 8.01. The molecule has 1 aliphatic carbocycles. The molecule has 1 fully saturated rings. The van der Waals surface area contributed by atoms with Crippen molar-refractivity contribution in [2.24, 2.45) is 0 Å². The highest BCUT2D eigenvalue weighted by Gasteiger charge is 2.18. The molecule has 2 rings (SSSR count). The molecule has 0 aromatic carbocycles. The summed E-state index contributed by atoms with van der Waals surface area (Å²) in [6, 6.07) is 2.68. The molecule has 0 spiro atoms. The van der Waals surface area contributed by atoms with Crippen LogP contribution in [0.25, 0.3) is 0 Å². The maximum Gasteiger partial charge on any atom is 0.0650 e. The Bertz CT molecular complexity index is 355.